The third-order valence-electron chi connectivity index (χ3n) is 6.11. The van der Waals surface area contributed by atoms with Gasteiger partial charge in [-0.05, 0) is 30.9 Å². The van der Waals surface area contributed by atoms with Crippen LogP contribution >= 0.6 is 0 Å². The molecule has 9 N–H and O–H groups in total. The number of para-hydroxylation sites is 1. The molecule has 13 heteroatoms. The number of nitrogens with zero attached hydrogens (tertiary/aromatic N) is 1. The maximum absolute atomic E-state index is 13.1. The number of hydrogen-bond donors (Lipinski definition) is 7. The highest BCUT2D eigenvalue weighted by atomic mass is 16.4. The lowest BCUT2D eigenvalue weighted by molar-refractivity contribution is -0.144. The van der Waals surface area contributed by atoms with Gasteiger partial charge in [-0.1, -0.05) is 18.2 Å². The van der Waals surface area contributed by atoms with Gasteiger partial charge >= 0.3 is 5.97 Å². The topological polar surface area (TPSA) is 221 Å². The fourth-order valence-corrected chi connectivity index (χ4v) is 4.28. The predicted molar refractivity (Wildman–Crippen MR) is 127 cm³/mol. The molecule has 36 heavy (non-hydrogen) atoms. The summed E-state index contributed by atoms with van der Waals surface area (Å²) in [5, 5.41) is 24.1. The van der Waals surface area contributed by atoms with Gasteiger partial charge in [0.2, 0.25) is 23.6 Å². The number of nitrogens with two attached hydrogens (primary N) is 2. The molecule has 1 aromatic heterocycles. The van der Waals surface area contributed by atoms with Crippen LogP contribution < -0.4 is 22.1 Å². The zero-order valence-electron chi connectivity index (χ0n) is 19.5. The van der Waals surface area contributed by atoms with E-state index in [4.69, 9.17) is 16.6 Å². The van der Waals surface area contributed by atoms with Crippen molar-refractivity contribution in [1.29, 1.82) is 0 Å². The Labute approximate surface area is 206 Å². The van der Waals surface area contributed by atoms with Gasteiger partial charge in [0.1, 0.15) is 18.1 Å². The highest BCUT2D eigenvalue weighted by Crippen LogP contribution is 2.22. The van der Waals surface area contributed by atoms with Crippen LogP contribution in [0, 0.1) is 0 Å². The third kappa shape index (κ3) is 6.17. The molecule has 4 unspecified atom stereocenters. The van der Waals surface area contributed by atoms with Crippen molar-refractivity contribution in [3.63, 3.8) is 0 Å². The first-order valence-corrected chi connectivity index (χ1v) is 11.5. The number of carboxylic acids is 1. The van der Waals surface area contributed by atoms with Crippen LogP contribution in [0.2, 0.25) is 0 Å². The molecule has 0 aliphatic carbocycles. The molecule has 1 aliphatic rings. The van der Waals surface area contributed by atoms with Crippen molar-refractivity contribution in [1.82, 2.24) is 20.5 Å². The maximum Gasteiger partial charge on any atom is 0.326 e. The van der Waals surface area contributed by atoms with Gasteiger partial charge in [0, 0.05) is 23.6 Å². The molecule has 1 aliphatic heterocycles. The number of hydrogen-bond acceptors (Lipinski definition) is 7. The van der Waals surface area contributed by atoms with Gasteiger partial charge in [0.15, 0.2) is 0 Å². The minimum atomic E-state index is -1.62. The van der Waals surface area contributed by atoms with Gasteiger partial charge in [0.05, 0.1) is 19.1 Å². The van der Waals surface area contributed by atoms with Crippen LogP contribution in [0.15, 0.2) is 30.5 Å². The number of aliphatic hydroxyl groups excluding tert-OH is 1. The lowest BCUT2D eigenvalue weighted by Gasteiger charge is -2.28. The Morgan fingerprint density at radius 3 is 2.53 bits per heavy atom. The van der Waals surface area contributed by atoms with Gasteiger partial charge < -0.3 is 42.2 Å². The Morgan fingerprint density at radius 2 is 1.86 bits per heavy atom. The molecule has 3 rings (SSSR count). The number of aromatic nitrogens is 1. The van der Waals surface area contributed by atoms with Crippen molar-refractivity contribution in [2.45, 2.75) is 49.9 Å². The highest BCUT2D eigenvalue weighted by molar-refractivity contribution is 5.95. The Kier molecular flexibility index (Phi) is 8.61. The second-order valence-electron chi connectivity index (χ2n) is 8.67. The molecule has 194 valence electrons. The van der Waals surface area contributed by atoms with Gasteiger partial charge in [-0.3, -0.25) is 19.2 Å². The number of carbonyl (C=O) groups excluding carboxylic acids is 4. The van der Waals surface area contributed by atoms with Crippen molar-refractivity contribution in [3.05, 3.63) is 36.0 Å². The average Bonchev–Trinajstić information content (AvgIpc) is 3.49. The van der Waals surface area contributed by atoms with Gasteiger partial charge in [-0.15, -0.1) is 0 Å². The molecule has 1 aromatic carbocycles. The number of fused-ring (bicyclic) bond motifs is 1. The number of rotatable bonds is 11. The molecule has 0 saturated carbocycles. The minimum Gasteiger partial charge on any atom is -0.480 e. The number of primary amides is 1. The van der Waals surface area contributed by atoms with Crippen LogP contribution in [0.4, 0.5) is 0 Å². The first kappa shape index (κ1) is 26.6. The number of aromatic amines is 1. The van der Waals surface area contributed by atoms with Crippen LogP contribution in [0.3, 0.4) is 0 Å². The molecule has 0 radical (unpaired) electrons. The standard InChI is InChI=1S/C23H30N6O7/c24-14(8-12-10-26-15-5-2-1-4-13(12)15)22(34)29-7-3-6-18(29)21(33)28-17(11-30)20(32)27-16(23(35)36)9-19(25)31/h1-2,4-5,10,14,16-18,26,30H,3,6-9,11,24H2,(H2,25,31)(H,27,32)(H,28,33)(H,35,36). The molecule has 0 spiro atoms. The summed E-state index contributed by atoms with van der Waals surface area (Å²) in [6, 6.07) is 2.68. The molecule has 13 nitrogen and oxygen atoms in total. The number of carboxylic acid groups (broad SMARTS) is 1. The number of benzene rings is 1. The van der Waals surface area contributed by atoms with Crippen molar-refractivity contribution < 1.29 is 34.2 Å². The van der Waals surface area contributed by atoms with E-state index in [-0.39, 0.29) is 6.42 Å². The van der Waals surface area contributed by atoms with E-state index in [0.717, 1.165) is 16.5 Å². The van der Waals surface area contributed by atoms with E-state index in [0.29, 0.717) is 19.4 Å². The largest absolute Gasteiger partial charge is 0.480 e. The van der Waals surface area contributed by atoms with Crippen LogP contribution in [-0.4, -0.2) is 87.0 Å². The van der Waals surface area contributed by atoms with Crippen molar-refractivity contribution in [2.24, 2.45) is 11.5 Å². The summed E-state index contributed by atoms with van der Waals surface area (Å²) >= 11 is 0. The summed E-state index contributed by atoms with van der Waals surface area (Å²) in [5.74, 6) is -4.56. The second-order valence-corrected chi connectivity index (χ2v) is 8.67. The SMILES string of the molecule is NC(=O)CC(NC(=O)C(CO)NC(=O)C1CCCN1C(=O)C(N)Cc1c[nH]c2ccccc12)C(=O)O. The summed E-state index contributed by atoms with van der Waals surface area (Å²) in [4.78, 5) is 65.2. The fourth-order valence-electron chi connectivity index (χ4n) is 4.28. The normalized spacial score (nSPS) is 17.8. The number of carbonyl (C=O) groups is 5. The van der Waals surface area contributed by atoms with Crippen molar-refractivity contribution in [3.8, 4) is 0 Å². The molecule has 1 saturated heterocycles. The van der Waals surface area contributed by atoms with Crippen LogP contribution in [0.5, 0.6) is 0 Å². The molecule has 4 amide bonds. The van der Waals surface area contributed by atoms with Gasteiger partial charge in [-0.25, -0.2) is 4.79 Å². The Balaban J connectivity index is 1.63. The third-order valence-corrected chi connectivity index (χ3v) is 6.11. The Morgan fingerprint density at radius 1 is 1.14 bits per heavy atom. The number of nitrogens with one attached hydrogen (secondary N) is 3. The van der Waals surface area contributed by atoms with E-state index in [2.05, 4.69) is 15.6 Å². The van der Waals surface area contributed by atoms with E-state index in [1.165, 1.54) is 4.90 Å². The smallest absolute Gasteiger partial charge is 0.326 e. The van der Waals surface area contributed by atoms with Crippen molar-refractivity contribution >= 4 is 40.5 Å². The molecule has 2 aromatic rings. The second kappa shape index (κ2) is 11.6. The van der Waals surface area contributed by atoms with E-state index in [1.807, 2.05) is 24.3 Å². The monoisotopic (exact) mass is 502 g/mol. The fraction of sp³-hybridized carbons (Fsp3) is 0.435. The summed E-state index contributed by atoms with van der Waals surface area (Å²) in [5.41, 5.74) is 13.0. The molecular weight excluding hydrogens is 472 g/mol. The number of aliphatic hydroxyl groups is 1. The molecule has 4 atom stereocenters. The summed E-state index contributed by atoms with van der Waals surface area (Å²) < 4.78 is 0. The number of aliphatic carboxylic acids is 1. The molecule has 2 heterocycles. The molecule has 0 bridgehead atoms. The Hall–Kier alpha value is -3.97. The number of likely N-dealkylation sites (tertiary alicyclic amines) is 1. The van der Waals surface area contributed by atoms with Crippen LogP contribution in [0.1, 0.15) is 24.8 Å². The average molecular weight is 503 g/mol. The van der Waals surface area contributed by atoms with Gasteiger partial charge in [-0.2, -0.15) is 0 Å². The summed E-state index contributed by atoms with van der Waals surface area (Å²) in [7, 11) is 0. The Bertz CT molecular complexity index is 1150. The maximum atomic E-state index is 13.1. The molecule has 1 fully saturated rings. The zero-order valence-corrected chi connectivity index (χ0v) is 19.5. The predicted octanol–water partition coefficient (Wildman–Crippen LogP) is -2.05. The van der Waals surface area contributed by atoms with Crippen LogP contribution in [-0.2, 0) is 30.4 Å². The van der Waals surface area contributed by atoms with Crippen LogP contribution in [0.25, 0.3) is 10.9 Å². The quantitative estimate of drug-likeness (QED) is 0.181. The lowest BCUT2D eigenvalue weighted by Crippen LogP contribution is -2.58. The minimum absolute atomic E-state index is 0.256. The molecular formula is C23H30N6O7. The van der Waals surface area contributed by atoms with E-state index in [1.54, 1.807) is 6.20 Å². The highest BCUT2D eigenvalue weighted by Gasteiger charge is 2.38. The van der Waals surface area contributed by atoms with E-state index >= 15 is 0 Å². The van der Waals surface area contributed by atoms with E-state index in [9.17, 15) is 29.1 Å². The van der Waals surface area contributed by atoms with Gasteiger partial charge in [0.25, 0.3) is 0 Å². The van der Waals surface area contributed by atoms with E-state index < -0.39 is 66.8 Å². The first-order chi connectivity index (χ1) is 17.1. The van der Waals surface area contributed by atoms with Crippen molar-refractivity contribution in [2.75, 3.05) is 13.2 Å². The number of amides is 4. The summed E-state index contributed by atoms with van der Waals surface area (Å²) in [6.45, 7) is -0.532. The lowest BCUT2D eigenvalue weighted by atomic mass is 10.0. The number of H-pyrrole nitrogens is 1. The first-order valence-electron chi connectivity index (χ1n) is 11.5. The zero-order chi connectivity index (χ0) is 26.4. The summed E-state index contributed by atoms with van der Waals surface area (Å²) in [6.07, 6.45) is 2.26.